The predicted octanol–water partition coefficient (Wildman–Crippen LogP) is 2.92. The second-order valence-electron chi connectivity index (χ2n) is 2.72. The van der Waals surface area contributed by atoms with Gasteiger partial charge in [-0.1, -0.05) is 31.9 Å². The van der Waals surface area contributed by atoms with Crippen LogP contribution in [0, 0.1) is 0 Å². The summed E-state index contributed by atoms with van der Waals surface area (Å²) in [5, 5.41) is 0.687. The molecule has 72 valence electrons. The Hall–Kier alpha value is -0.0900. The molecule has 0 unspecified atom stereocenters. The molecule has 1 aliphatic carbocycles. The van der Waals surface area contributed by atoms with Gasteiger partial charge in [-0.2, -0.15) is 0 Å². The summed E-state index contributed by atoms with van der Waals surface area (Å²) in [4.78, 5) is 11.3. The minimum atomic E-state index is -0.217. The van der Waals surface area contributed by atoms with Crippen molar-refractivity contribution >= 4 is 37.8 Å². The lowest BCUT2D eigenvalue weighted by Crippen LogP contribution is -2.10. The van der Waals surface area contributed by atoms with Crippen molar-refractivity contribution in [3.05, 3.63) is 21.7 Å². The van der Waals surface area contributed by atoms with E-state index in [-0.39, 0.29) is 5.97 Å². The molecule has 0 bridgehead atoms. The lowest BCUT2D eigenvalue weighted by Gasteiger charge is -2.14. The number of carbonyl (C=O) groups is 1. The fraction of sp³-hybridized carbons (Fsp3) is 0.444. The fourth-order valence-electron chi connectivity index (χ4n) is 1.23. The summed E-state index contributed by atoms with van der Waals surface area (Å²) in [6, 6.07) is 0. The Morgan fingerprint density at radius 3 is 2.85 bits per heavy atom. The van der Waals surface area contributed by atoms with Crippen molar-refractivity contribution in [2.24, 2.45) is 0 Å². The summed E-state index contributed by atoms with van der Waals surface area (Å²) < 4.78 is 5.83. The second kappa shape index (κ2) is 4.96. The summed E-state index contributed by atoms with van der Waals surface area (Å²) in [6.45, 7) is 0. The highest BCUT2D eigenvalue weighted by Gasteiger charge is 2.18. The van der Waals surface area contributed by atoms with Crippen LogP contribution in [-0.4, -0.2) is 18.4 Å². The highest BCUT2D eigenvalue weighted by molar-refractivity contribution is 9.11. The smallest absolute Gasteiger partial charge is 0.334 e. The van der Waals surface area contributed by atoms with Crippen molar-refractivity contribution in [1.82, 2.24) is 0 Å². The molecule has 0 atom stereocenters. The van der Waals surface area contributed by atoms with Crippen LogP contribution in [0.25, 0.3) is 0 Å². The zero-order chi connectivity index (χ0) is 9.84. The molecule has 4 heteroatoms. The molecule has 0 heterocycles. The topological polar surface area (TPSA) is 26.3 Å². The van der Waals surface area contributed by atoms with Gasteiger partial charge < -0.3 is 4.74 Å². The number of halogens is 2. The average Bonchev–Trinajstić information content (AvgIpc) is 2.16. The van der Waals surface area contributed by atoms with Crippen molar-refractivity contribution in [2.45, 2.75) is 12.8 Å². The summed E-state index contributed by atoms with van der Waals surface area (Å²) in [6.07, 6.45) is 3.61. The highest BCUT2D eigenvalue weighted by Crippen LogP contribution is 2.28. The number of hydrogen-bond donors (Lipinski definition) is 0. The summed E-state index contributed by atoms with van der Waals surface area (Å²) in [5.74, 6) is -0.217. The molecule has 0 aliphatic heterocycles. The van der Waals surface area contributed by atoms with Crippen LogP contribution < -0.4 is 0 Å². The maximum atomic E-state index is 11.3. The number of carbonyl (C=O) groups excluding carboxylic acids is 1. The zero-order valence-corrected chi connectivity index (χ0v) is 10.4. The summed E-state index contributed by atoms with van der Waals surface area (Å²) in [7, 11) is 1.41. The first-order valence-electron chi connectivity index (χ1n) is 3.91. The van der Waals surface area contributed by atoms with E-state index in [1.807, 2.05) is 6.08 Å². The SMILES string of the molecule is COC(=O)C1=C(CBr)C=C(Br)CC1. The van der Waals surface area contributed by atoms with Crippen molar-refractivity contribution < 1.29 is 9.53 Å². The highest BCUT2D eigenvalue weighted by atomic mass is 79.9. The Balaban J connectivity index is 2.96. The van der Waals surface area contributed by atoms with E-state index in [1.54, 1.807) is 0 Å². The Labute approximate surface area is 94.3 Å². The molecule has 0 radical (unpaired) electrons. The fourth-order valence-corrected chi connectivity index (χ4v) is 2.20. The largest absolute Gasteiger partial charge is 0.466 e. The number of ether oxygens (including phenoxy) is 1. The van der Waals surface area contributed by atoms with Gasteiger partial charge in [0.1, 0.15) is 0 Å². The van der Waals surface area contributed by atoms with Gasteiger partial charge in [0.25, 0.3) is 0 Å². The third kappa shape index (κ3) is 2.68. The molecular weight excluding hydrogens is 300 g/mol. The number of alkyl halides is 1. The van der Waals surface area contributed by atoms with Gasteiger partial charge in [-0.05, 0) is 29.0 Å². The molecule has 0 aromatic heterocycles. The van der Waals surface area contributed by atoms with E-state index in [0.29, 0.717) is 5.33 Å². The van der Waals surface area contributed by atoms with E-state index in [4.69, 9.17) is 4.74 Å². The van der Waals surface area contributed by atoms with Crippen molar-refractivity contribution in [1.29, 1.82) is 0 Å². The van der Waals surface area contributed by atoms with E-state index >= 15 is 0 Å². The van der Waals surface area contributed by atoms with Gasteiger partial charge in [0, 0.05) is 10.9 Å². The number of rotatable bonds is 2. The van der Waals surface area contributed by atoms with E-state index in [0.717, 1.165) is 28.5 Å². The standard InChI is InChI=1S/C9H10Br2O2/c1-13-9(12)8-3-2-7(11)4-6(8)5-10/h4H,2-3,5H2,1H3. The maximum Gasteiger partial charge on any atom is 0.334 e. The van der Waals surface area contributed by atoms with Crippen LogP contribution in [0.2, 0.25) is 0 Å². The zero-order valence-electron chi connectivity index (χ0n) is 7.27. The molecule has 0 aromatic rings. The molecule has 13 heavy (non-hydrogen) atoms. The van der Waals surface area contributed by atoms with Crippen LogP contribution in [0.4, 0.5) is 0 Å². The van der Waals surface area contributed by atoms with Gasteiger partial charge in [-0.3, -0.25) is 0 Å². The number of esters is 1. The predicted molar refractivity (Wildman–Crippen MR) is 59.1 cm³/mol. The molecule has 2 nitrogen and oxygen atoms in total. The average molecular weight is 310 g/mol. The van der Waals surface area contributed by atoms with Crippen LogP contribution in [0.15, 0.2) is 21.7 Å². The monoisotopic (exact) mass is 308 g/mol. The number of allylic oxidation sites excluding steroid dienone is 3. The first-order valence-corrected chi connectivity index (χ1v) is 5.83. The van der Waals surface area contributed by atoms with Crippen molar-refractivity contribution in [3.63, 3.8) is 0 Å². The Kier molecular flexibility index (Phi) is 4.19. The van der Waals surface area contributed by atoms with Crippen LogP contribution >= 0.6 is 31.9 Å². The Bertz CT molecular complexity index is 279. The van der Waals surface area contributed by atoms with E-state index in [2.05, 4.69) is 31.9 Å². The lowest BCUT2D eigenvalue weighted by atomic mass is 9.99. The first-order chi connectivity index (χ1) is 6.19. The molecule has 0 saturated carbocycles. The Morgan fingerprint density at radius 2 is 2.31 bits per heavy atom. The maximum absolute atomic E-state index is 11.3. The molecule has 1 aliphatic rings. The molecular formula is C9H10Br2O2. The number of methoxy groups -OCH3 is 1. The molecule has 0 saturated heterocycles. The minimum Gasteiger partial charge on any atom is -0.466 e. The second-order valence-corrected chi connectivity index (χ2v) is 4.30. The molecule has 0 N–H and O–H groups in total. The van der Waals surface area contributed by atoms with Crippen LogP contribution in [-0.2, 0) is 9.53 Å². The summed E-state index contributed by atoms with van der Waals surface area (Å²) >= 11 is 6.77. The molecule has 0 aromatic carbocycles. The van der Waals surface area contributed by atoms with Crippen LogP contribution in [0.5, 0.6) is 0 Å². The lowest BCUT2D eigenvalue weighted by molar-refractivity contribution is -0.136. The molecule has 0 spiro atoms. The quantitative estimate of drug-likeness (QED) is 0.579. The van der Waals surface area contributed by atoms with E-state index < -0.39 is 0 Å². The minimum absolute atomic E-state index is 0.217. The Morgan fingerprint density at radius 1 is 1.62 bits per heavy atom. The third-order valence-electron chi connectivity index (χ3n) is 1.91. The number of hydrogen-bond acceptors (Lipinski definition) is 2. The van der Waals surface area contributed by atoms with Gasteiger partial charge in [0.05, 0.1) is 7.11 Å². The van der Waals surface area contributed by atoms with Gasteiger partial charge in [0.15, 0.2) is 0 Å². The molecule has 1 rings (SSSR count). The van der Waals surface area contributed by atoms with Crippen molar-refractivity contribution in [3.8, 4) is 0 Å². The first kappa shape index (κ1) is 11.0. The van der Waals surface area contributed by atoms with E-state index in [1.165, 1.54) is 7.11 Å². The van der Waals surface area contributed by atoms with Crippen molar-refractivity contribution in [2.75, 3.05) is 12.4 Å². The van der Waals surface area contributed by atoms with Gasteiger partial charge in [0.2, 0.25) is 0 Å². The van der Waals surface area contributed by atoms with Gasteiger partial charge in [-0.25, -0.2) is 4.79 Å². The molecule has 0 fully saturated rings. The normalized spacial score (nSPS) is 17.0. The van der Waals surface area contributed by atoms with E-state index in [9.17, 15) is 4.79 Å². The van der Waals surface area contributed by atoms with Crippen LogP contribution in [0.1, 0.15) is 12.8 Å². The van der Waals surface area contributed by atoms with Gasteiger partial charge in [-0.15, -0.1) is 0 Å². The third-order valence-corrected chi connectivity index (χ3v) is 3.14. The molecule has 0 amide bonds. The summed E-state index contributed by atoms with van der Waals surface area (Å²) in [5.41, 5.74) is 1.78. The van der Waals surface area contributed by atoms with Gasteiger partial charge >= 0.3 is 5.97 Å². The van der Waals surface area contributed by atoms with Crippen LogP contribution in [0.3, 0.4) is 0 Å².